The number of nitrogens with zero attached hydrogens (tertiary/aromatic N) is 1. The minimum atomic E-state index is -0.942. The Morgan fingerprint density at radius 1 is 1.00 bits per heavy atom. The molecule has 2 amide bonds. The van der Waals surface area contributed by atoms with Gasteiger partial charge < -0.3 is 14.8 Å². The summed E-state index contributed by atoms with van der Waals surface area (Å²) in [6, 6.07) is 18.6. The molecule has 2 N–H and O–H groups in total. The molecule has 0 spiro atoms. The Bertz CT molecular complexity index is 1230. The molecule has 0 radical (unpaired) electrons. The Morgan fingerprint density at radius 3 is 2.44 bits per heavy atom. The summed E-state index contributed by atoms with van der Waals surface area (Å²) in [7, 11) is 0. The van der Waals surface area contributed by atoms with Gasteiger partial charge in [0.15, 0.2) is 0 Å². The van der Waals surface area contributed by atoms with Crippen LogP contribution in [-0.2, 0) is 9.59 Å². The molecule has 3 aromatic rings. The van der Waals surface area contributed by atoms with Crippen LogP contribution in [0.4, 0.5) is 5.69 Å². The smallest absolute Gasteiger partial charge is 0.343 e. The van der Waals surface area contributed by atoms with E-state index < -0.39 is 17.8 Å². The first-order valence-corrected chi connectivity index (χ1v) is 11.1. The normalized spacial score (nSPS) is 10.6. The number of hydrazone groups is 1. The summed E-state index contributed by atoms with van der Waals surface area (Å²) >= 11 is 3.35. The van der Waals surface area contributed by atoms with Crippen LogP contribution in [-0.4, -0.2) is 30.6 Å². The van der Waals surface area contributed by atoms with E-state index in [-0.39, 0.29) is 5.75 Å². The average molecular weight is 524 g/mol. The van der Waals surface area contributed by atoms with Gasteiger partial charge in [-0.2, -0.15) is 5.10 Å². The quantitative estimate of drug-likeness (QED) is 0.156. The number of hydrogen-bond acceptors (Lipinski definition) is 6. The summed E-state index contributed by atoms with van der Waals surface area (Å²) < 4.78 is 11.6. The molecule has 174 valence electrons. The number of carbonyl (C=O) groups is 3. The van der Waals surface area contributed by atoms with E-state index in [0.717, 1.165) is 5.56 Å². The van der Waals surface area contributed by atoms with Gasteiger partial charge in [0.05, 0.1) is 18.4 Å². The van der Waals surface area contributed by atoms with Crippen molar-refractivity contribution in [3.05, 3.63) is 87.9 Å². The van der Waals surface area contributed by atoms with E-state index in [0.29, 0.717) is 33.6 Å². The maximum absolute atomic E-state index is 12.6. The number of hydrogen-bond donors (Lipinski definition) is 2. The Hall–Kier alpha value is -3.98. The third-order valence-electron chi connectivity index (χ3n) is 4.54. The number of anilines is 1. The van der Waals surface area contributed by atoms with Crippen molar-refractivity contribution in [3.8, 4) is 11.5 Å². The standard InChI is InChI=1S/C25H22BrN3O5/c1-3-33-20-11-8-17(9-12-20)25(32)34-22-13-10-19(26)14-18(22)15-27-29-24(31)23(30)28-21-7-5-4-6-16(21)2/h4-15H,3H2,1-2H3,(H,28,30)(H,29,31). The van der Waals surface area contributed by atoms with E-state index in [1.165, 1.54) is 6.21 Å². The van der Waals surface area contributed by atoms with Gasteiger partial charge in [-0.15, -0.1) is 0 Å². The Labute approximate surface area is 205 Å². The third-order valence-corrected chi connectivity index (χ3v) is 5.04. The highest BCUT2D eigenvalue weighted by Gasteiger charge is 2.15. The van der Waals surface area contributed by atoms with Gasteiger partial charge >= 0.3 is 17.8 Å². The minimum Gasteiger partial charge on any atom is -0.494 e. The fraction of sp³-hybridized carbons (Fsp3) is 0.120. The van der Waals surface area contributed by atoms with Crippen molar-refractivity contribution < 1.29 is 23.9 Å². The van der Waals surface area contributed by atoms with Crippen molar-refractivity contribution in [1.29, 1.82) is 0 Å². The van der Waals surface area contributed by atoms with Crippen LogP contribution in [0.1, 0.15) is 28.4 Å². The van der Waals surface area contributed by atoms with Crippen molar-refractivity contribution in [2.45, 2.75) is 13.8 Å². The molecule has 0 atom stereocenters. The van der Waals surface area contributed by atoms with Gasteiger partial charge in [-0.1, -0.05) is 34.1 Å². The van der Waals surface area contributed by atoms with Crippen LogP contribution < -0.4 is 20.2 Å². The van der Waals surface area contributed by atoms with Gasteiger partial charge in [0, 0.05) is 15.7 Å². The van der Waals surface area contributed by atoms with Crippen LogP contribution >= 0.6 is 15.9 Å². The van der Waals surface area contributed by atoms with Gasteiger partial charge in [-0.25, -0.2) is 10.2 Å². The molecule has 0 aliphatic rings. The zero-order valence-electron chi connectivity index (χ0n) is 18.5. The van der Waals surface area contributed by atoms with Crippen molar-refractivity contribution >= 4 is 45.6 Å². The number of amides is 2. The number of esters is 1. The molecule has 0 saturated heterocycles. The van der Waals surface area contributed by atoms with E-state index in [1.54, 1.807) is 54.6 Å². The fourth-order valence-corrected chi connectivity index (χ4v) is 3.21. The summed E-state index contributed by atoms with van der Waals surface area (Å²) in [4.78, 5) is 36.8. The van der Waals surface area contributed by atoms with Crippen molar-refractivity contribution in [3.63, 3.8) is 0 Å². The second-order valence-electron chi connectivity index (χ2n) is 7.00. The Morgan fingerprint density at radius 2 is 1.74 bits per heavy atom. The van der Waals surface area contributed by atoms with Crippen LogP contribution in [0.25, 0.3) is 0 Å². The second kappa shape index (κ2) is 11.8. The molecule has 0 unspecified atom stereocenters. The summed E-state index contributed by atoms with van der Waals surface area (Å²) in [6.07, 6.45) is 1.28. The lowest BCUT2D eigenvalue weighted by atomic mass is 10.2. The molecule has 34 heavy (non-hydrogen) atoms. The van der Waals surface area contributed by atoms with Crippen LogP contribution in [0.5, 0.6) is 11.5 Å². The second-order valence-corrected chi connectivity index (χ2v) is 7.91. The molecular formula is C25H22BrN3O5. The number of aryl methyl sites for hydroxylation is 1. The first kappa shape index (κ1) is 24.7. The third kappa shape index (κ3) is 6.76. The van der Waals surface area contributed by atoms with Gasteiger partial charge in [-0.05, 0) is 67.9 Å². The van der Waals surface area contributed by atoms with Crippen LogP contribution in [0.3, 0.4) is 0 Å². The fourth-order valence-electron chi connectivity index (χ4n) is 2.83. The molecule has 3 aromatic carbocycles. The lowest BCUT2D eigenvalue weighted by Crippen LogP contribution is -2.32. The van der Waals surface area contributed by atoms with E-state index in [2.05, 4.69) is 31.8 Å². The Balaban J connectivity index is 1.66. The predicted molar refractivity (Wildman–Crippen MR) is 132 cm³/mol. The molecule has 0 bridgehead atoms. The summed E-state index contributed by atoms with van der Waals surface area (Å²) in [6.45, 7) is 4.21. The highest BCUT2D eigenvalue weighted by Crippen LogP contribution is 2.23. The lowest BCUT2D eigenvalue weighted by molar-refractivity contribution is -0.136. The first-order valence-electron chi connectivity index (χ1n) is 10.3. The minimum absolute atomic E-state index is 0.226. The summed E-state index contributed by atoms with van der Waals surface area (Å²) in [5.74, 6) is -1.49. The number of benzene rings is 3. The SMILES string of the molecule is CCOc1ccc(C(=O)Oc2ccc(Br)cc2C=NNC(=O)C(=O)Nc2ccccc2C)cc1. The van der Waals surface area contributed by atoms with Crippen molar-refractivity contribution in [2.24, 2.45) is 5.10 Å². The van der Waals surface area contributed by atoms with E-state index in [4.69, 9.17) is 9.47 Å². The first-order chi connectivity index (χ1) is 16.4. The highest BCUT2D eigenvalue weighted by atomic mass is 79.9. The number of ether oxygens (including phenoxy) is 2. The molecule has 3 rings (SSSR count). The van der Waals surface area contributed by atoms with E-state index in [9.17, 15) is 14.4 Å². The molecule has 0 heterocycles. The zero-order valence-corrected chi connectivity index (χ0v) is 20.1. The molecular weight excluding hydrogens is 502 g/mol. The number of rotatable bonds is 7. The number of nitrogens with one attached hydrogen (secondary N) is 2. The highest BCUT2D eigenvalue weighted by molar-refractivity contribution is 9.10. The lowest BCUT2D eigenvalue weighted by Gasteiger charge is -2.09. The van der Waals surface area contributed by atoms with Crippen LogP contribution in [0.15, 0.2) is 76.3 Å². The van der Waals surface area contributed by atoms with Crippen LogP contribution in [0, 0.1) is 6.92 Å². The predicted octanol–water partition coefficient (Wildman–Crippen LogP) is 4.46. The largest absolute Gasteiger partial charge is 0.494 e. The number of carbonyl (C=O) groups excluding carboxylic acids is 3. The van der Waals surface area contributed by atoms with Crippen molar-refractivity contribution in [1.82, 2.24) is 5.43 Å². The van der Waals surface area contributed by atoms with Gasteiger partial charge in [0.2, 0.25) is 0 Å². The maximum atomic E-state index is 12.6. The zero-order chi connectivity index (χ0) is 24.5. The van der Waals surface area contributed by atoms with Crippen molar-refractivity contribution in [2.75, 3.05) is 11.9 Å². The summed E-state index contributed by atoms with van der Waals surface area (Å²) in [5, 5.41) is 6.35. The van der Waals surface area contributed by atoms with Gasteiger partial charge in [0.25, 0.3) is 0 Å². The molecule has 0 fully saturated rings. The topological polar surface area (TPSA) is 106 Å². The number of para-hydroxylation sites is 1. The summed E-state index contributed by atoms with van der Waals surface area (Å²) in [5.41, 5.74) is 4.27. The number of halogens is 1. The van der Waals surface area contributed by atoms with E-state index in [1.807, 2.05) is 26.0 Å². The molecule has 0 aromatic heterocycles. The Kier molecular flexibility index (Phi) is 8.53. The van der Waals surface area contributed by atoms with Gasteiger partial charge in [-0.3, -0.25) is 9.59 Å². The van der Waals surface area contributed by atoms with E-state index >= 15 is 0 Å². The average Bonchev–Trinajstić information content (AvgIpc) is 2.82. The molecule has 0 aliphatic carbocycles. The van der Waals surface area contributed by atoms with Gasteiger partial charge in [0.1, 0.15) is 11.5 Å². The molecule has 8 nitrogen and oxygen atoms in total. The molecule has 0 aliphatic heterocycles. The maximum Gasteiger partial charge on any atom is 0.343 e. The molecule has 9 heteroatoms. The molecule has 0 saturated carbocycles. The van der Waals surface area contributed by atoms with Crippen LogP contribution in [0.2, 0.25) is 0 Å². The monoisotopic (exact) mass is 523 g/mol.